The van der Waals surface area contributed by atoms with Crippen LogP contribution in [0.15, 0.2) is 29.3 Å². The van der Waals surface area contributed by atoms with E-state index in [1.54, 1.807) is 0 Å². The maximum absolute atomic E-state index is 12.1. The Bertz CT molecular complexity index is 643. The van der Waals surface area contributed by atoms with E-state index >= 15 is 0 Å². The molecule has 162 valence electrons. The van der Waals surface area contributed by atoms with Gasteiger partial charge in [0.15, 0.2) is 5.96 Å². The highest BCUT2D eigenvalue weighted by molar-refractivity contribution is 5.80. The molecule has 2 N–H and O–H groups in total. The fraction of sp³-hybridized carbons (Fsp3) is 0.667. The molecule has 0 aliphatic carbocycles. The molecule has 5 heteroatoms. The highest BCUT2D eigenvalue weighted by Crippen LogP contribution is 2.16. The SMILES string of the molecule is CCNC(=NCCCc1ccc(C(C)C)cc1)NC1CCN(C(=O)C(C)C)CC1. The van der Waals surface area contributed by atoms with E-state index in [1.165, 1.54) is 11.1 Å². The van der Waals surface area contributed by atoms with Crippen molar-refractivity contribution < 1.29 is 4.79 Å². The number of aliphatic imine (C=N–C) groups is 1. The van der Waals surface area contributed by atoms with E-state index < -0.39 is 0 Å². The molecular weight excluding hydrogens is 360 g/mol. The lowest BCUT2D eigenvalue weighted by Gasteiger charge is -2.34. The Hall–Kier alpha value is -2.04. The molecule has 1 aliphatic rings. The second kappa shape index (κ2) is 11.8. The molecule has 1 aromatic carbocycles. The molecule has 1 aliphatic heterocycles. The lowest BCUT2D eigenvalue weighted by atomic mass is 10.0. The Morgan fingerprint density at radius 3 is 2.34 bits per heavy atom. The van der Waals surface area contributed by atoms with Crippen molar-refractivity contribution in [2.45, 2.75) is 72.3 Å². The molecule has 1 aromatic rings. The number of carbonyl (C=O) groups is 1. The quantitative estimate of drug-likeness (QED) is 0.395. The van der Waals surface area contributed by atoms with Gasteiger partial charge < -0.3 is 15.5 Å². The van der Waals surface area contributed by atoms with Crippen LogP contribution in [0.3, 0.4) is 0 Å². The fourth-order valence-corrected chi connectivity index (χ4v) is 3.67. The van der Waals surface area contributed by atoms with Gasteiger partial charge in [0.1, 0.15) is 0 Å². The summed E-state index contributed by atoms with van der Waals surface area (Å²) in [5.41, 5.74) is 2.77. The minimum Gasteiger partial charge on any atom is -0.357 e. The monoisotopic (exact) mass is 400 g/mol. The summed E-state index contributed by atoms with van der Waals surface area (Å²) in [7, 11) is 0. The minimum atomic E-state index is 0.0833. The number of benzene rings is 1. The van der Waals surface area contributed by atoms with Crippen LogP contribution >= 0.6 is 0 Å². The number of guanidine groups is 1. The highest BCUT2D eigenvalue weighted by atomic mass is 16.2. The zero-order valence-electron chi connectivity index (χ0n) is 19.0. The second-order valence-corrected chi connectivity index (χ2v) is 8.66. The Kier molecular flexibility index (Phi) is 9.49. The van der Waals surface area contributed by atoms with Crippen LogP contribution in [0.2, 0.25) is 0 Å². The molecule has 0 unspecified atom stereocenters. The summed E-state index contributed by atoms with van der Waals surface area (Å²) in [5.74, 6) is 1.83. The van der Waals surface area contributed by atoms with Crippen LogP contribution in [0.25, 0.3) is 0 Å². The zero-order valence-corrected chi connectivity index (χ0v) is 19.0. The van der Waals surface area contributed by atoms with Crippen molar-refractivity contribution in [2.75, 3.05) is 26.2 Å². The lowest BCUT2D eigenvalue weighted by Crippen LogP contribution is -2.50. The first-order chi connectivity index (χ1) is 13.9. The van der Waals surface area contributed by atoms with Crippen LogP contribution in [0.1, 0.15) is 70.9 Å². The molecule has 0 aromatic heterocycles. The number of likely N-dealkylation sites (tertiary alicyclic amines) is 1. The Morgan fingerprint density at radius 2 is 1.79 bits per heavy atom. The van der Waals surface area contributed by atoms with Crippen molar-refractivity contribution in [3.8, 4) is 0 Å². The highest BCUT2D eigenvalue weighted by Gasteiger charge is 2.24. The average molecular weight is 401 g/mol. The standard InChI is InChI=1S/C24H40N4O/c1-6-25-24(27-22-13-16-28(17-14-22)23(29)19(4)5)26-15-7-8-20-9-11-21(12-10-20)18(2)3/h9-12,18-19,22H,6-8,13-17H2,1-5H3,(H2,25,26,27). The first-order valence-electron chi connectivity index (χ1n) is 11.3. The maximum atomic E-state index is 12.1. The van der Waals surface area contributed by atoms with E-state index in [1.807, 2.05) is 18.7 Å². The Labute approximate surface area is 177 Å². The Balaban J connectivity index is 1.77. The van der Waals surface area contributed by atoms with Gasteiger partial charge >= 0.3 is 0 Å². The van der Waals surface area contributed by atoms with E-state index in [2.05, 4.69) is 55.7 Å². The fourth-order valence-electron chi connectivity index (χ4n) is 3.67. The molecular formula is C24H40N4O. The number of aryl methyl sites for hydroxylation is 1. The Morgan fingerprint density at radius 1 is 1.14 bits per heavy atom. The normalized spacial score (nSPS) is 15.8. The van der Waals surface area contributed by atoms with Gasteiger partial charge in [-0.05, 0) is 49.7 Å². The third-order valence-electron chi connectivity index (χ3n) is 5.53. The predicted octanol–water partition coefficient (Wildman–Crippen LogP) is 3.94. The number of carbonyl (C=O) groups excluding carboxylic acids is 1. The van der Waals surface area contributed by atoms with Crippen molar-refractivity contribution in [1.29, 1.82) is 0 Å². The molecule has 1 heterocycles. The first kappa shape index (κ1) is 23.2. The third-order valence-corrected chi connectivity index (χ3v) is 5.53. The van der Waals surface area contributed by atoms with Gasteiger partial charge in [-0.1, -0.05) is 52.0 Å². The number of nitrogens with zero attached hydrogens (tertiary/aromatic N) is 2. The summed E-state index contributed by atoms with van der Waals surface area (Å²) in [6.07, 6.45) is 4.05. The average Bonchev–Trinajstić information content (AvgIpc) is 2.71. The number of rotatable bonds is 8. The molecule has 1 fully saturated rings. The van der Waals surface area contributed by atoms with Gasteiger partial charge in [0.2, 0.25) is 5.91 Å². The number of hydrogen-bond acceptors (Lipinski definition) is 2. The first-order valence-corrected chi connectivity index (χ1v) is 11.3. The van der Waals surface area contributed by atoms with Gasteiger partial charge in [-0.25, -0.2) is 0 Å². The summed E-state index contributed by atoms with van der Waals surface area (Å²) in [6, 6.07) is 9.35. The molecule has 2 rings (SSSR count). The number of amides is 1. The van der Waals surface area contributed by atoms with Crippen molar-refractivity contribution in [3.63, 3.8) is 0 Å². The zero-order chi connectivity index (χ0) is 21.2. The van der Waals surface area contributed by atoms with Crippen molar-refractivity contribution in [1.82, 2.24) is 15.5 Å². The van der Waals surface area contributed by atoms with E-state index in [4.69, 9.17) is 4.99 Å². The molecule has 1 saturated heterocycles. The summed E-state index contributed by atoms with van der Waals surface area (Å²) < 4.78 is 0. The van der Waals surface area contributed by atoms with Crippen LogP contribution in [0.4, 0.5) is 0 Å². The molecule has 0 spiro atoms. The summed E-state index contributed by atoms with van der Waals surface area (Å²) >= 11 is 0. The molecule has 0 radical (unpaired) electrons. The van der Waals surface area contributed by atoms with Gasteiger partial charge in [0.25, 0.3) is 0 Å². The van der Waals surface area contributed by atoms with Crippen LogP contribution in [0, 0.1) is 5.92 Å². The minimum absolute atomic E-state index is 0.0833. The third kappa shape index (κ3) is 7.71. The van der Waals surface area contributed by atoms with Crippen LogP contribution in [0.5, 0.6) is 0 Å². The number of piperidine rings is 1. The van der Waals surface area contributed by atoms with Crippen molar-refractivity contribution >= 4 is 11.9 Å². The van der Waals surface area contributed by atoms with Gasteiger partial charge in [-0.15, -0.1) is 0 Å². The number of hydrogen-bond donors (Lipinski definition) is 2. The molecule has 0 bridgehead atoms. The summed E-state index contributed by atoms with van der Waals surface area (Å²) in [4.78, 5) is 18.9. The van der Waals surface area contributed by atoms with Gasteiger partial charge in [-0.3, -0.25) is 9.79 Å². The summed E-state index contributed by atoms with van der Waals surface area (Å²) in [5, 5.41) is 6.92. The number of nitrogens with one attached hydrogen (secondary N) is 2. The molecule has 0 atom stereocenters. The lowest BCUT2D eigenvalue weighted by molar-refractivity contribution is -0.135. The van der Waals surface area contributed by atoms with Gasteiger partial charge in [0, 0.05) is 38.1 Å². The van der Waals surface area contributed by atoms with Crippen LogP contribution in [-0.2, 0) is 11.2 Å². The van der Waals surface area contributed by atoms with Crippen LogP contribution in [-0.4, -0.2) is 49.0 Å². The predicted molar refractivity (Wildman–Crippen MR) is 122 cm³/mol. The topological polar surface area (TPSA) is 56.7 Å². The maximum Gasteiger partial charge on any atom is 0.225 e. The van der Waals surface area contributed by atoms with E-state index in [-0.39, 0.29) is 11.8 Å². The van der Waals surface area contributed by atoms with Gasteiger partial charge in [-0.2, -0.15) is 0 Å². The molecule has 5 nitrogen and oxygen atoms in total. The second-order valence-electron chi connectivity index (χ2n) is 8.66. The molecule has 29 heavy (non-hydrogen) atoms. The molecule has 0 saturated carbocycles. The molecule has 1 amide bonds. The smallest absolute Gasteiger partial charge is 0.225 e. The van der Waals surface area contributed by atoms with E-state index in [0.717, 1.165) is 57.8 Å². The van der Waals surface area contributed by atoms with E-state index in [0.29, 0.717) is 12.0 Å². The van der Waals surface area contributed by atoms with Crippen molar-refractivity contribution in [3.05, 3.63) is 35.4 Å². The van der Waals surface area contributed by atoms with E-state index in [9.17, 15) is 4.79 Å². The summed E-state index contributed by atoms with van der Waals surface area (Å²) in [6.45, 7) is 13.8. The van der Waals surface area contributed by atoms with Gasteiger partial charge in [0.05, 0.1) is 0 Å². The van der Waals surface area contributed by atoms with Crippen molar-refractivity contribution in [2.24, 2.45) is 10.9 Å². The largest absolute Gasteiger partial charge is 0.357 e. The van der Waals surface area contributed by atoms with Crippen LogP contribution < -0.4 is 10.6 Å².